The summed E-state index contributed by atoms with van der Waals surface area (Å²) in [5, 5.41) is 7.87. The molecule has 1 atom stereocenters. The van der Waals surface area contributed by atoms with Crippen LogP contribution >= 0.6 is 12.2 Å². The number of hydrogen-bond acceptors (Lipinski definition) is 4. The number of halogens is 1. The summed E-state index contributed by atoms with van der Waals surface area (Å²) in [6.07, 6.45) is 3.76. The number of carbonyl (C=O) groups excluding carboxylic acids is 1. The molecular formula is C23H32FN5OS. The van der Waals surface area contributed by atoms with E-state index < -0.39 is 0 Å². The van der Waals surface area contributed by atoms with Crippen LogP contribution in [-0.2, 0) is 11.5 Å². The van der Waals surface area contributed by atoms with Gasteiger partial charge in [-0.1, -0.05) is 26.0 Å². The number of nitrogens with one attached hydrogen (secondary N) is 1. The van der Waals surface area contributed by atoms with E-state index in [1.807, 2.05) is 15.3 Å². The van der Waals surface area contributed by atoms with Crippen LogP contribution in [-0.4, -0.2) is 44.3 Å². The SMILES string of the molecule is CC(C)C(C)NC(=O)C1CCN(Cn2nc(-c3ccccc3F)n(C3CC3)c2=S)CC1. The number of aromatic nitrogens is 3. The van der Waals surface area contributed by atoms with Gasteiger partial charge in [-0.25, -0.2) is 9.07 Å². The Morgan fingerprint density at radius 1 is 1.19 bits per heavy atom. The molecule has 1 amide bonds. The lowest BCUT2D eigenvalue weighted by Gasteiger charge is -2.32. The standard InChI is InChI=1S/C23H32FN5OS/c1-15(2)16(3)25-22(30)17-10-12-27(13-11-17)14-28-23(31)29(18-8-9-18)21(26-28)19-6-4-5-7-20(19)24/h4-7,15-18H,8-14H2,1-3H3,(H,25,30). The first-order chi connectivity index (χ1) is 14.8. The number of amides is 1. The van der Waals surface area contributed by atoms with Crippen LogP contribution in [0.2, 0.25) is 0 Å². The van der Waals surface area contributed by atoms with Gasteiger partial charge in [0.15, 0.2) is 10.6 Å². The largest absolute Gasteiger partial charge is 0.353 e. The molecule has 0 radical (unpaired) electrons. The van der Waals surface area contributed by atoms with Crippen molar-refractivity contribution in [3.8, 4) is 11.4 Å². The number of rotatable bonds is 7. The first kappa shape index (κ1) is 22.1. The molecule has 2 aliphatic rings. The Labute approximate surface area is 188 Å². The number of piperidine rings is 1. The maximum absolute atomic E-state index is 14.5. The molecule has 2 aromatic rings. The summed E-state index contributed by atoms with van der Waals surface area (Å²) >= 11 is 5.73. The summed E-state index contributed by atoms with van der Waals surface area (Å²) in [6, 6.07) is 7.24. The second-order valence-electron chi connectivity index (χ2n) is 9.26. The Kier molecular flexibility index (Phi) is 6.57. The van der Waals surface area contributed by atoms with Gasteiger partial charge in [0.05, 0.1) is 12.2 Å². The molecule has 8 heteroatoms. The Bertz CT molecular complexity index is 988. The quantitative estimate of drug-likeness (QED) is 0.643. The summed E-state index contributed by atoms with van der Waals surface area (Å²) < 4.78 is 18.9. The molecule has 1 aromatic heterocycles. The molecule has 31 heavy (non-hydrogen) atoms. The Hall–Kier alpha value is -2.06. The highest BCUT2D eigenvalue weighted by molar-refractivity contribution is 7.71. The zero-order valence-corrected chi connectivity index (χ0v) is 19.4. The molecule has 1 N–H and O–H groups in total. The van der Waals surface area contributed by atoms with E-state index in [0.29, 0.717) is 34.8 Å². The molecule has 1 aromatic carbocycles. The maximum atomic E-state index is 14.5. The van der Waals surface area contributed by atoms with Crippen LogP contribution in [0.3, 0.4) is 0 Å². The van der Waals surface area contributed by atoms with Gasteiger partial charge in [-0.2, -0.15) is 5.10 Å². The van der Waals surface area contributed by atoms with Crippen molar-refractivity contribution in [2.24, 2.45) is 11.8 Å². The minimum absolute atomic E-state index is 0.0587. The van der Waals surface area contributed by atoms with Crippen molar-refractivity contribution in [2.45, 2.75) is 65.2 Å². The van der Waals surface area contributed by atoms with Gasteiger partial charge in [0.2, 0.25) is 5.91 Å². The zero-order valence-electron chi connectivity index (χ0n) is 18.6. The smallest absolute Gasteiger partial charge is 0.223 e. The fraction of sp³-hybridized carbons (Fsp3) is 0.609. The van der Waals surface area contributed by atoms with Gasteiger partial charge in [-0.05, 0) is 62.9 Å². The molecule has 1 unspecified atom stereocenters. The summed E-state index contributed by atoms with van der Waals surface area (Å²) in [5.74, 6) is 0.985. The van der Waals surface area contributed by atoms with Crippen LogP contribution in [0.25, 0.3) is 11.4 Å². The minimum Gasteiger partial charge on any atom is -0.353 e. The van der Waals surface area contributed by atoms with Crippen LogP contribution in [0.15, 0.2) is 24.3 Å². The highest BCUT2D eigenvalue weighted by Gasteiger charge is 2.31. The lowest BCUT2D eigenvalue weighted by atomic mass is 9.95. The molecule has 2 fully saturated rings. The van der Waals surface area contributed by atoms with E-state index in [-0.39, 0.29) is 23.7 Å². The third-order valence-electron chi connectivity index (χ3n) is 6.56. The van der Waals surface area contributed by atoms with Crippen LogP contribution in [0.5, 0.6) is 0 Å². The molecule has 1 saturated heterocycles. The second kappa shape index (κ2) is 9.20. The van der Waals surface area contributed by atoms with E-state index in [1.54, 1.807) is 12.1 Å². The summed E-state index contributed by atoms with van der Waals surface area (Å²) in [4.78, 5) is 14.8. The zero-order chi connectivity index (χ0) is 22.1. The predicted molar refractivity (Wildman–Crippen MR) is 121 cm³/mol. The third-order valence-corrected chi connectivity index (χ3v) is 6.97. The van der Waals surface area contributed by atoms with Crippen molar-refractivity contribution in [2.75, 3.05) is 13.1 Å². The topological polar surface area (TPSA) is 55.1 Å². The number of nitrogens with zero attached hydrogens (tertiary/aromatic N) is 4. The number of carbonyl (C=O) groups is 1. The molecule has 168 valence electrons. The van der Waals surface area contributed by atoms with Crippen molar-refractivity contribution in [3.05, 3.63) is 34.9 Å². The molecule has 1 saturated carbocycles. The average Bonchev–Trinajstić information content (AvgIpc) is 3.53. The van der Waals surface area contributed by atoms with Crippen LogP contribution < -0.4 is 5.32 Å². The molecule has 4 rings (SSSR count). The van der Waals surface area contributed by atoms with Crippen molar-refractivity contribution < 1.29 is 9.18 Å². The maximum Gasteiger partial charge on any atom is 0.223 e. The van der Waals surface area contributed by atoms with Crippen molar-refractivity contribution in [1.82, 2.24) is 24.6 Å². The molecule has 1 aliphatic carbocycles. The number of hydrogen-bond donors (Lipinski definition) is 1. The van der Waals surface area contributed by atoms with E-state index in [9.17, 15) is 9.18 Å². The van der Waals surface area contributed by atoms with E-state index in [2.05, 4.69) is 31.0 Å². The molecular weight excluding hydrogens is 413 g/mol. The van der Waals surface area contributed by atoms with E-state index >= 15 is 0 Å². The minimum atomic E-state index is -0.279. The summed E-state index contributed by atoms with van der Waals surface area (Å²) in [7, 11) is 0. The van der Waals surface area contributed by atoms with Gasteiger partial charge in [0.1, 0.15) is 5.82 Å². The van der Waals surface area contributed by atoms with Gasteiger partial charge < -0.3 is 5.32 Å². The highest BCUT2D eigenvalue weighted by atomic mass is 32.1. The lowest BCUT2D eigenvalue weighted by molar-refractivity contribution is -0.127. The first-order valence-electron chi connectivity index (χ1n) is 11.3. The van der Waals surface area contributed by atoms with Crippen LogP contribution in [0.1, 0.15) is 52.5 Å². The fourth-order valence-electron chi connectivity index (χ4n) is 4.04. The van der Waals surface area contributed by atoms with Crippen molar-refractivity contribution in [3.63, 3.8) is 0 Å². The number of likely N-dealkylation sites (tertiary alicyclic amines) is 1. The van der Waals surface area contributed by atoms with Gasteiger partial charge in [0, 0.05) is 31.1 Å². The summed E-state index contributed by atoms with van der Waals surface area (Å²) in [6.45, 7) is 8.50. The van der Waals surface area contributed by atoms with Gasteiger partial charge in [-0.15, -0.1) is 0 Å². The highest BCUT2D eigenvalue weighted by Crippen LogP contribution is 2.39. The summed E-state index contributed by atoms with van der Waals surface area (Å²) in [5.41, 5.74) is 0.494. The first-order valence-corrected chi connectivity index (χ1v) is 11.7. The van der Waals surface area contributed by atoms with E-state index in [1.165, 1.54) is 6.07 Å². The van der Waals surface area contributed by atoms with Crippen molar-refractivity contribution >= 4 is 18.1 Å². The third kappa shape index (κ3) is 4.90. The molecule has 1 aliphatic heterocycles. The monoisotopic (exact) mass is 445 g/mol. The second-order valence-corrected chi connectivity index (χ2v) is 9.63. The molecule has 0 bridgehead atoms. The Balaban J connectivity index is 1.44. The van der Waals surface area contributed by atoms with Crippen LogP contribution in [0, 0.1) is 22.4 Å². The normalized spacial score (nSPS) is 19.0. The van der Waals surface area contributed by atoms with Crippen molar-refractivity contribution in [1.29, 1.82) is 0 Å². The van der Waals surface area contributed by atoms with Gasteiger partial charge in [0.25, 0.3) is 0 Å². The van der Waals surface area contributed by atoms with Gasteiger partial charge in [-0.3, -0.25) is 14.3 Å². The van der Waals surface area contributed by atoms with E-state index in [4.69, 9.17) is 17.3 Å². The van der Waals surface area contributed by atoms with Crippen LogP contribution in [0.4, 0.5) is 4.39 Å². The van der Waals surface area contributed by atoms with Gasteiger partial charge >= 0.3 is 0 Å². The lowest BCUT2D eigenvalue weighted by Crippen LogP contribution is -2.44. The molecule has 6 nitrogen and oxygen atoms in total. The Morgan fingerprint density at radius 3 is 2.48 bits per heavy atom. The average molecular weight is 446 g/mol. The number of benzene rings is 1. The molecule has 2 heterocycles. The predicted octanol–water partition coefficient (Wildman–Crippen LogP) is 4.39. The van der Waals surface area contributed by atoms with E-state index in [0.717, 1.165) is 38.8 Å². The molecule has 0 spiro atoms. The Morgan fingerprint density at radius 2 is 1.87 bits per heavy atom. The fourth-order valence-corrected chi connectivity index (χ4v) is 4.37.